The molecular formula is C15H25NO4. The van der Waals surface area contributed by atoms with Gasteiger partial charge in [0.25, 0.3) is 0 Å². The van der Waals surface area contributed by atoms with Gasteiger partial charge in [0.1, 0.15) is 12.7 Å². The van der Waals surface area contributed by atoms with Crippen molar-refractivity contribution in [3.8, 4) is 11.5 Å². The van der Waals surface area contributed by atoms with Crippen LogP contribution >= 0.6 is 0 Å². The first-order valence-corrected chi connectivity index (χ1v) is 7.03. The molecule has 0 aromatic heterocycles. The summed E-state index contributed by atoms with van der Waals surface area (Å²) in [6, 6.07) is 7.37. The Hall–Kier alpha value is -1.30. The highest BCUT2D eigenvalue weighted by molar-refractivity contribution is 5.39. The van der Waals surface area contributed by atoms with Crippen molar-refractivity contribution in [1.29, 1.82) is 0 Å². The fourth-order valence-electron chi connectivity index (χ4n) is 1.79. The Morgan fingerprint density at radius 2 is 1.90 bits per heavy atom. The molecule has 1 rings (SSSR count). The number of para-hydroxylation sites is 2. The Morgan fingerprint density at radius 3 is 2.60 bits per heavy atom. The van der Waals surface area contributed by atoms with E-state index in [-0.39, 0.29) is 13.2 Å². The summed E-state index contributed by atoms with van der Waals surface area (Å²) in [6.07, 6.45) is 2.27. The highest BCUT2D eigenvalue weighted by Gasteiger charge is 2.07. The van der Waals surface area contributed by atoms with E-state index in [1.165, 1.54) is 0 Å². The van der Waals surface area contributed by atoms with E-state index in [4.69, 9.17) is 14.6 Å². The minimum atomic E-state index is -0.558. The number of ether oxygens (including phenoxy) is 2. The smallest absolute Gasteiger partial charge is 0.161 e. The second-order valence-electron chi connectivity index (χ2n) is 4.60. The van der Waals surface area contributed by atoms with Crippen LogP contribution in [0.25, 0.3) is 0 Å². The summed E-state index contributed by atoms with van der Waals surface area (Å²) < 4.78 is 10.7. The third kappa shape index (κ3) is 6.75. The minimum Gasteiger partial charge on any atom is -0.493 e. The molecule has 1 aromatic rings. The molecule has 0 aliphatic carbocycles. The Bertz CT molecular complexity index is 359. The van der Waals surface area contributed by atoms with Crippen molar-refractivity contribution in [1.82, 2.24) is 5.32 Å². The van der Waals surface area contributed by atoms with Crippen LogP contribution in [0.4, 0.5) is 0 Å². The number of nitrogens with one attached hydrogen (secondary N) is 1. The maximum Gasteiger partial charge on any atom is 0.161 e. The lowest BCUT2D eigenvalue weighted by Crippen LogP contribution is -2.32. The molecular weight excluding hydrogens is 258 g/mol. The van der Waals surface area contributed by atoms with Gasteiger partial charge < -0.3 is 25.0 Å². The minimum absolute atomic E-state index is 0.226. The van der Waals surface area contributed by atoms with E-state index in [9.17, 15) is 5.11 Å². The van der Waals surface area contributed by atoms with Gasteiger partial charge in [-0.25, -0.2) is 0 Å². The molecule has 5 heteroatoms. The largest absolute Gasteiger partial charge is 0.493 e. The van der Waals surface area contributed by atoms with Gasteiger partial charge in [-0.3, -0.25) is 0 Å². The zero-order valence-electron chi connectivity index (χ0n) is 12.0. The van der Waals surface area contributed by atoms with Crippen LogP contribution in [-0.2, 0) is 0 Å². The maximum absolute atomic E-state index is 9.81. The molecule has 0 saturated heterocycles. The van der Waals surface area contributed by atoms with Crippen LogP contribution in [0.2, 0.25) is 0 Å². The third-order valence-corrected chi connectivity index (χ3v) is 2.89. The number of aliphatic hydroxyl groups excluding tert-OH is 2. The van der Waals surface area contributed by atoms with Crippen molar-refractivity contribution in [2.24, 2.45) is 0 Å². The lowest BCUT2D eigenvalue weighted by atomic mass is 10.2. The molecule has 0 amide bonds. The van der Waals surface area contributed by atoms with Crippen LogP contribution in [-0.4, -0.2) is 49.7 Å². The number of hydrogen-bond donors (Lipinski definition) is 3. The SMILES string of the molecule is COc1ccccc1OCC(O)CNCCCCCO. The zero-order chi connectivity index (χ0) is 14.6. The average Bonchev–Trinajstić information content (AvgIpc) is 2.49. The number of hydrogen-bond acceptors (Lipinski definition) is 5. The van der Waals surface area contributed by atoms with Gasteiger partial charge in [0.05, 0.1) is 7.11 Å². The number of methoxy groups -OCH3 is 1. The summed E-state index contributed by atoms with van der Waals surface area (Å²) in [6.45, 7) is 1.80. The normalized spacial score (nSPS) is 12.2. The molecule has 0 radical (unpaired) electrons. The van der Waals surface area contributed by atoms with Crippen LogP contribution < -0.4 is 14.8 Å². The van der Waals surface area contributed by atoms with E-state index in [1.54, 1.807) is 7.11 Å². The summed E-state index contributed by atoms with van der Waals surface area (Å²) in [5, 5.41) is 21.6. The molecule has 3 N–H and O–H groups in total. The van der Waals surface area contributed by atoms with Crippen molar-refractivity contribution in [3.63, 3.8) is 0 Å². The molecule has 114 valence electrons. The third-order valence-electron chi connectivity index (χ3n) is 2.89. The van der Waals surface area contributed by atoms with Crippen molar-refractivity contribution in [2.75, 3.05) is 33.4 Å². The van der Waals surface area contributed by atoms with Crippen LogP contribution in [0.5, 0.6) is 11.5 Å². The summed E-state index contributed by atoms with van der Waals surface area (Å²) in [5.41, 5.74) is 0. The van der Waals surface area contributed by atoms with Gasteiger partial charge in [-0.05, 0) is 37.9 Å². The predicted octanol–water partition coefficient (Wildman–Crippen LogP) is 1.19. The van der Waals surface area contributed by atoms with Crippen molar-refractivity contribution >= 4 is 0 Å². The number of rotatable bonds is 11. The van der Waals surface area contributed by atoms with Crippen molar-refractivity contribution in [3.05, 3.63) is 24.3 Å². The summed E-state index contributed by atoms with van der Waals surface area (Å²) in [7, 11) is 1.59. The first kappa shape index (κ1) is 16.8. The monoisotopic (exact) mass is 283 g/mol. The second-order valence-corrected chi connectivity index (χ2v) is 4.60. The maximum atomic E-state index is 9.81. The topological polar surface area (TPSA) is 71.0 Å². The van der Waals surface area contributed by atoms with Crippen molar-refractivity contribution in [2.45, 2.75) is 25.4 Å². The van der Waals surface area contributed by atoms with Gasteiger partial charge in [-0.1, -0.05) is 12.1 Å². The highest BCUT2D eigenvalue weighted by atomic mass is 16.5. The zero-order valence-corrected chi connectivity index (χ0v) is 12.0. The van der Waals surface area contributed by atoms with E-state index in [1.807, 2.05) is 24.3 Å². The molecule has 0 bridgehead atoms. The lowest BCUT2D eigenvalue weighted by molar-refractivity contribution is 0.104. The molecule has 0 fully saturated rings. The van der Waals surface area contributed by atoms with E-state index >= 15 is 0 Å². The van der Waals surface area contributed by atoms with Crippen LogP contribution in [0.15, 0.2) is 24.3 Å². The molecule has 0 saturated carbocycles. The fraction of sp³-hybridized carbons (Fsp3) is 0.600. The number of benzene rings is 1. The van der Waals surface area contributed by atoms with Crippen LogP contribution in [0, 0.1) is 0 Å². The molecule has 1 atom stereocenters. The van der Waals surface area contributed by atoms with Gasteiger partial charge in [-0.2, -0.15) is 0 Å². The van der Waals surface area contributed by atoms with E-state index in [2.05, 4.69) is 5.32 Å². The Balaban J connectivity index is 2.14. The molecule has 1 unspecified atom stereocenters. The molecule has 0 heterocycles. The van der Waals surface area contributed by atoms with Crippen molar-refractivity contribution < 1.29 is 19.7 Å². The standard InChI is InChI=1S/C15H25NO4/c1-19-14-7-3-4-8-15(14)20-12-13(18)11-16-9-5-2-6-10-17/h3-4,7-8,13,16-18H,2,5-6,9-12H2,1H3. The Kier molecular flexibility index (Phi) is 8.78. The molecule has 0 aliphatic rings. The number of aliphatic hydroxyl groups is 2. The Labute approximate surface area is 120 Å². The van der Waals surface area contributed by atoms with Gasteiger partial charge >= 0.3 is 0 Å². The average molecular weight is 283 g/mol. The van der Waals surface area contributed by atoms with Gasteiger partial charge in [0, 0.05) is 13.2 Å². The molecule has 1 aromatic carbocycles. The predicted molar refractivity (Wildman–Crippen MR) is 78.3 cm³/mol. The summed E-state index contributed by atoms with van der Waals surface area (Å²) in [5.74, 6) is 1.30. The van der Waals surface area contributed by atoms with Crippen LogP contribution in [0.1, 0.15) is 19.3 Å². The lowest BCUT2D eigenvalue weighted by Gasteiger charge is -2.14. The number of unbranched alkanes of at least 4 members (excludes halogenated alkanes) is 2. The first-order valence-electron chi connectivity index (χ1n) is 7.03. The van der Waals surface area contributed by atoms with Gasteiger partial charge in [0.2, 0.25) is 0 Å². The summed E-state index contributed by atoms with van der Waals surface area (Å²) >= 11 is 0. The first-order chi connectivity index (χ1) is 9.77. The Morgan fingerprint density at radius 1 is 1.15 bits per heavy atom. The molecule has 20 heavy (non-hydrogen) atoms. The highest BCUT2D eigenvalue weighted by Crippen LogP contribution is 2.25. The van der Waals surface area contributed by atoms with Gasteiger partial charge in [0.15, 0.2) is 11.5 Å². The molecule has 0 spiro atoms. The quantitative estimate of drug-likeness (QED) is 0.532. The molecule has 0 aliphatic heterocycles. The second kappa shape index (κ2) is 10.5. The van der Waals surface area contributed by atoms with E-state index in [0.29, 0.717) is 18.0 Å². The summed E-state index contributed by atoms with van der Waals surface area (Å²) in [4.78, 5) is 0. The van der Waals surface area contributed by atoms with E-state index in [0.717, 1.165) is 25.8 Å². The van der Waals surface area contributed by atoms with E-state index < -0.39 is 6.10 Å². The molecule has 5 nitrogen and oxygen atoms in total. The van der Waals surface area contributed by atoms with Gasteiger partial charge in [-0.15, -0.1) is 0 Å². The fourth-order valence-corrected chi connectivity index (χ4v) is 1.79. The van der Waals surface area contributed by atoms with Crippen LogP contribution in [0.3, 0.4) is 0 Å².